The van der Waals surface area contributed by atoms with Crippen molar-refractivity contribution >= 4 is 27.5 Å². The number of benzene rings is 2. The first-order valence-electron chi connectivity index (χ1n) is 13.3. The number of anilines is 1. The molecular formula is C28H37N3O5S. The van der Waals surface area contributed by atoms with E-state index in [4.69, 9.17) is 4.74 Å². The summed E-state index contributed by atoms with van der Waals surface area (Å²) in [6.07, 6.45) is 7.45. The van der Waals surface area contributed by atoms with Crippen molar-refractivity contribution in [3.05, 3.63) is 53.6 Å². The number of aryl methyl sites for hydroxylation is 1. The van der Waals surface area contributed by atoms with Gasteiger partial charge in [0.15, 0.2) is 0 Å². The molecule has 2 aromatic rings. The lowest BCUT2D eigenvalue weighted by Gasteiger charge is -2.26. The third-order valence-electron chi connectivity index (χ3n) is 7.15. The van der Waals surface area contributed by atoms with Gasteiger partial charge in [0, 0.05) is 32.6 Å². The zero-order chi connectivity index (χ0) is 26.3. The first-order valence-corrected chi connectivity index (χ1v) is 14.7. The average Bonchev–Trinajstić information content (AvgIpc) is 3.22. The molecule has 0 unspecified atom stereocenters. The third-order valence-corrected chi connectivity index (χ3v) is 9.05. The Morgan fingerprint density at radius 3 is 2.24 bits per heavy atom. The Labute approximate surface area is 220 Å². The van der Waals surface area contributed by atoms with Crippen molar-refractivity contribution in [2.75, 3.05) is 38.6 Å². The monoisotopic (exact) mass is 527 g/mol. The molecule has 37 heavy (non-hydrogen) atoms. The number of hydrogen-bond donors (Lipinski definition) is 1. The highest BCUT2D eigenvalue weighted by molar-refractivity contribution is 7.89. The predicted octanol–water partition coefficient (Wildman–Crippen LogP) is 4.46. The summed E-state index contributed by atoms with van der Waals surface area (Å²) in [6, 6.07) is 11.9. The maximum Gasteiger partial charge on any atom is 0.255 e. The number of nitrogens with zero attached hydrogens (tertiary/aromatic N) is 2. The maximum absolute atomic E-state index is 13.2. The van der Waals surface area contributed by atoms with Crippen LogP contribution in [0.3, 0.4) is 0 Å². The van der Waals surface area contributed by atoms with Gasteiger partial charge in [0.2, 0.25) is 15.9 Å². The fourth-order valence-electron chi connectivity index (χ4n) is 5.05. The zero-order valence-electron chi connectivity index (χ0n) is 21.6. The molecule has 2 saturated heterocycles. The molecule has 8 nitrogen and oxygen atoms in total. The van der Waals surface area contributed by atoms with Crippen molar-refractivity contribution in [1.29, 1.82) is 0 Å². The molecule has 0 bridgehead atoms. The summed E-state index contributed by atoms with van der Waals surface area (Å²) in [4.78, 5) is 28.2. The van der Waals surface area contributed by atoms with Crippen LogP contribution < -0.4 is 10.1 Å². The summed E-state index contributed by atoms with van der Waals surface area (Å²) in [5.41, 5.74) is 1.64. The zero-order valence-corrected chi connectivity index (χ0v) is 22.4. The molecule has 0 spiro atoms. The van der Waals surface area contributed by atoms with E-state index in [-0.39, 0.29) is 23.1 Å². The quantitative estimate of drug-likeness (QED) is 0.547. The van der Waals surface area contributed by atoms with Gasteiger partial charge in [0.1, 0.15) is 5.75 Å². The number of piperidine rings is 1. The van der Waals surface area contributed by atoms with Crippen LogP contribution in [-0.2, 0) is 21.2 Å². The van der Waals surface area contributed by atoms with E-state index in [0.717, 1.165) is 58.0 Å². The summed E-state index contributed by atoms with van der Waals surface area (Å²) in [6.45, 7) is 2.53. The molecule has 2 aliphatic rings. The normalized spacial score (nSPS) is 17.2. The Hall–Kier alpha value is -2.91. The van der Waals surface area contributed by atoms with Crippen LogP contribution >= 0.6 is 0 Å². The number of methoxy groups -OCH3 is 1. The van der Waals surface area contributed by atoms with Crippen molar-refractivity contribution in [1.82, 2.24) is 9.21 Å². The molecule has 2 heterocycles. The lowest BCUT2D eigenvalue weighted by Crippen LogP contribution is -2.35. The minimum atomic E-state index is -3.59. The number of carbonyl (C=O) groups excluding carboxylic acids is 2. The topological polar surface area (TPSA) is 96.0 Å². The van der Waals surface area contributed by atoms with Gasteiger partial charge in [-0.15, -0.1) is 0 Å². The Kier molecular flexibility index (Phi) is 9.21. The van der Waals surface area contributed by atoms with Gasteiger partial charge in [-0.3, -0.25) is 9.59 Å². The Balaban J connectivity index is 1.45. The van der Waals surface area contributed by atoms with E-state index in [1.54, 1.807) is 42.5 Å². The smallest absolute Gasteiger partial charge is 0.255 e. The molecule has 9 heteroatoms. The molecular weight excluding hydrogens is 490 g/mol. The van der Waals surface area contributed by atoms with Gasteiger partial charge >= 0.3 is 0 Å². The SMILES string of the molecule is COc1ccc(S(=O)(=O)N2CCCCC2)cc1CCC(=O)Nc1ccccc1C(=O)N1CCCCCC1. The largest absolute Gasteiger partial charge is 0.496 e. The molecule has 0 aromatic heterocycles. The fraction of sp³-hybridized carbons (Fsp3) is 0.500. The number of ether oxygens (including phenoxy) is 1. The number of rotatable bonds is 8. The third kappa shape index (κ3) is 6.70. The number of nitrogens with one attached hydrogen (secondary N) is 1. The van der Waals surface area contributed by atoms with Crippen LogP contribution in [-0.4, -0.2) is 62.7 Å². The van der Waals surface area contributed by atoms with E-state index in [0.29, 0.717) is 42.1 Å². The lowest BCUT2D eigenvalue weighted by molar-refractivity contribution is -0.116. The van der Waals surface area contributed by atoms with Gasteiger partial charge in [-0.25, -0.2) is 8.42 Å². The van der Waals surface area contributed by atoms with Crippen LogP contribution in [0, 0.1) is 0 Å². The number of likely N-dealkylation sites (tertiary alicyclic amines) is 1. The van der Waals surface area contributed by atoms with E-state index in [2.05, 4.69) is 5.32 Å². The lowest BCUT2D eigenvalue weighted by atomic mass is 10.1. The molecule has 4 rings (SSSR count). The number of amides is 2. The molecule has 1 N–H and O–H groups in total. The molecule has 2 aromatic carbocycles. The predicted molar refractivity (Wildman–Crippen MR) is 143 cm³/mol. The second-order valence-corrected chi connectivity index (χ2v) is 11.7. The average molecular weight is 528 g/mol. The number of hydrogen-bond acceptors (Lipinski definition) is 5. The summed E-state index contributed by atoms with van der Waals surface area (Å²) < 4.78 is 33.3. The minimum absolute atomic E-state index is 0.0601. The van der Waals surface area contributed by atoms with Crippen molar-refractivity contribution < 1.29 is 22.7 Å². The highest BCUT2D eigenvalue weighted by Crippen LogP contribution is 2.28. The van der Waals surface area contributed by atoms with Gasteiger partial charge < -0.3 is 15.0 Å². The van der Waals surface area contributed by atoms with Gasteiger partial charge in [-0.1, -0.05) is 31.4 Å². The van der Waals surface area contributed by atoms with Gasteiger partial charge in [-0.2, -0.15) is 4.31 Å². The van der Waals surface area contributed by atoms with E-state index in [9.17, 15) is 18.0 Å². The first kappa shape index (κ1) is 27.1. The summed E-state index contributed by atoms with van der Waals surface area (Å²) >= 11 is 0. The van der Waals surface area contributed by atoms with E-state index < -0.39 is 10.0 Å². The molecule has 0 atom stereocenters. The summed E-state index contributed by atoms with van der Waals surface area (Å²) in [7, 11) is -2.06. The van der Waals surface area contributed by atoms with Gasteiger partial charge in [-0.05, 0) is 68.0 Å². The molecule has 0 radical (unpaired) electrons. The fourth-order valence-corrected chi connectivity index (χ4v) is 6.62. The highest BCUT2D eigenvalue weighted by Gasteiger charge is 2.27. The Morgan fingerprint density at radius 2 is 1.54 bits per heavy atom. The second-order valence-electron chi connectivity index (χ2n) is 9.74. The highest BCUT2D eigenvalue weighted by atomic mass is 32.2. The minimum Gasteiger partial charge on any atom is -0.496 e. The number of sulfonamides is 1. The van der Waals surface area contributed by atoms with Crippen LogP contribution in [0.4, 0.5) is 5.69 Å². The summed E-state index contributed by atoms with van der Waals surface area (Å²) in [5, 5.41) is 2.90. The maximum atomic E-state index is 13.2. The van der Waals surface area contributed by atoms with Crippen LogP contribution in [0.25, 0.3) is 0 Å². The Bertz CT molecular complexity index is 1200. The molecule has 2 fully saturated rings. The molecule has 2 amide bonds. The molecule has 0 aliphatic carbocycles. The van der Waals surface area contributed by atoms with Crippen LogP contribution in [0.2, 0.25) is 0 Å². The van der Waals surface area contributed by atoms with Crippen molar-refractivity contribution in [2.24, 2.45) is 0 Å². The number of para-hydroxylation sites is 1. The second kappa shape index (κ2) is 12.6. The van der Waals surface area contributed by atoms with Crippen LogP contribution in [0.1, 0.15) is 67.3 Å². The molecule has 2 aliphatic heterocycles. The van der Waals surface area contributed by atoms with Crippen molar-refractivity contribution in [3.8, 4) is 5.75 Å². The first-order chi connectivity index (χ1) is 17.9. The van der Waals surface area contributed by atoms with Crippen molar-refractivity contribution in [3.63, 3.8) is 0 Å². The van der Waals surface area contributed by atoms with E-state index in [1.165, 1.54) is 11.4 Å². The standard InChI is InChI=1S/C28H37N3O5S/c1-36-26-15-14-23(37(34,35)31-19-9-4-10-20-31)21-22(26)13-16-27(32)29-25-12-6-5-11-24(25)28(33)30-17-7-2-3-8-18-30/h5-6,11-12,14-15,21H,2-4,7-10,13,16-20H2,1H3,(H,29,32). The Morgan fingerprint density at radius 1 is 0.892 bits per heavy atom. The molecule has 200 valence electrons. The van der Waals surface area contributed by atoms with Crippen LogP contribution in [0.5, 0.6) is 5.75 Å². The van der Waals surface area contributed by atoms with Crippen molar-refractivity contribution in [2.45, 2.75) is 62.7 Å². The van der Waals surface area contributed by atoms with Gasteiger partial charge in [0.05, 0.1) is 23.3 Å². The van der Waals surface area contributed by atoms with Crippen LogP contribution in [0.15, 0.2) is 47.4 Å². The van der Waals surface area contributed by atoms with Gasteiger partial charge in [0.25, 0.3) is 5.91 Å². The number of carbonyl (C=O) groups is 2. The molecule has 0 saturated carbocycles. The van der Waals surface area contributed by atoms with E-state index in [1.807, 2.05) is 4.90 Å². The van der Waals surface area contributed by atoms with E-state index >= 15 is 0 Å². The summed E-state index contributed by atoms with van der Waals surface area (Å²) in [5.74, 6) is 0.236.